The van der Waals surface area contributed by atoms with Gasteiger partial charge >= 0.3 is 12.0 Å². The van der Waals surface area contributed by atoms with Crippen LogP contribution in [-0.2, 0) is 9.53 Å². The van der Waals surface area contributed by atoms with E-state index in [1.165, 1.54) is 12.1 Å². The highest BCUT2D eigenvalue weighted by molar-refractivity contribution is 5.94. The molecule has 0 saturated carbocycles. The Morgan fingerprint density at radius 2 is 1.91 bits per heavy atom. The van der Waals surface area contributed by atoms with Gasteiger partial charge in [-0.1, -0.05) is 19.9 Å². The number of anilines is 1. The molecule has 0 aliphatic carbocycles. The van der Waals surface area contributed by atoms with E-state index in [0.29, 0.717) is 5.69 Å². The molecule has 0 aliphatic rings. The highest BCUT2D eigenvalue weighted by Gasteiger charge is 2.13. The Kier molecular flexibility index (Phi) is 6.88. The van der Waals surface area contributed by atoms with E-state index in [-0.39, 0.29) is 24.1 Å². The molecule has 0 atom stereocenters. The molecule has 0 bridgehead atoms. The first-order chi connectivity index (χ1) is 10.5. The zero-order valence-corrected chi connectivity index (χ0v) is 12.7. The molecule has 120 valence electrons. The first-order valence-electron chi connectivity index (χ1n) is 7.09. The predicted octanol–water partition coefficient (Wildman–Crippen LogP) is 1.64. The third kappa shape index (κ3) is 5.82. The molecule has 0 aromatic heterocycles. The summed E-state index contributed by atoms with van der Waals surface area (Å²) in [4.78, 5) is 34.3. The number of ether oxygens (including phenoxy) is 1. The van der Waals surface area contributed by atoms with Crippen molar-refractivity contribution in [2.24, 2.45) is 5.73 Å². The van der Waals surface area contributed by atoms with Crippen LogP contribution < -0.4 is 16.4 Å². The molecule has 0 aliphatic heterocycles. The largest absolute Gasteiger partial charge is 0.452 e. The molecular weight excluding hydrogens is 286 g/mol. The Balaban J connectivity index is 2.55. The van der Waals surface area contributed by atoms with Crippen LogP contribution in [-0.4, -0.2) is 30.6 Å². The highest BCUT2D eigenvalue weighted by Crippen LogP contribution is 2.11. The van der Waals surface area contributed by atoms with Gasteiger partial charge in [-0.3, -0.25) is 4.79 Å². The fourth-order valence-electron chi connectivity index (χ4n) is 1.84. The molecule has 0 spiro atoms. The van der Waals surface area contributed by atoms with Gasteiger partial charge in [0.1, 0.15) is 0 Å². The van der Waals surface area contributed by atoms with Gasteiger partial charge in [-0.05, 0) is 31.0 Å². The lowest BCUT2D eigenvalue weighted by Gasteiger charge is -2.14. The molecule has 0 radical (unpaired) electrons. The number of urea groups is 1. The lowest BCUT2D eigenvalue weighted by Crippen LogP contribution is -2.36. The van der Waals surface area contributed by atoms with Crippen molar-refractivity contribution in [3.63, 3.8) is 0 Å². The number of hydrogen-bond acceptors (Lipinski definition) is 4. The number of carbonyl (C=O) groups is 3. The average molecular weight is 307 g/mol. The standard InChI is InChI=1S/C15H21N3O4/c1-3-11(4-2)17-13(19)9-22-14(20)10-6-5-7-12(8-10)18-15(16)21/h5-8,11H,3-4,9H2,1-2H3,(H,17,19)(H3,16,18,21). The Morgan fingerprint density at radius 3 is 2.50 bits per heavy atom. The van der Waals surface area contributed by atoms with Crippen molar-refractivity contribution in [1.82, 2.24) is 5.32 Å². The molecule has 1 aromatic carbocycles. The summed E-state index contributed by atoms with van der Waals surface area (Å²) < 4.78 is 4.94. The second-order valence-electron chi connectivity index (χ2n) is 4.73. The Hall–Kier alpha value is -2.57. The Bertz CT molecular complexity index is 541. The van der Waals surface area contributed by atoms with E-state index in [2.05, 4.69) is 10.6 Å². The summed E-state index contributed by atoms with van der Waals surface area (Å²) in [7, 11) is 0. The monoisotopic (exact) mass is 307 g/mol. The summed E-state index contributed by atoms with van der Waals surface area (Å²) in [5.41, 5.74) is 5.60. The van der Waals surface area contributed by atoms with Crippen molar-refractivity contribution in [2.45, 2.75) is 32.7 Å². The maximum Gasteiger partial charge on any atom is 0.338 e. The first kappa shape index (κ1) is 17.5. The summed E-state index contributed by atoms with van der Waals surface area (Å²) in [5, 5.41) is 5.13. The molecule has 1 rings (SSSR count). The van der Waals surface area contributed by atoms with Crippen LogP contribution in [0.2, 0.25) is 0 Å². The van der Waals surface area contributed by atoms with E-state index in [4.69, 9.17) is 10.5 Å². The number of nitrogens with one attached hydrogen (secondary N) is 2. The summed E-state index contributed by atoms with van der Waals surface area (Å²) in [6.45, 7) is 3.60. The number of primary amides is 1. The average Bonchev–Trinajstić information content (AvgIpc) is 2.49. The smallest absolute Gasteiger partial charge is 0.338 e. The third-order valence-electron chi connectivity index (χ3n) is 3.05. The molecular formula is C15H21N3O4. The second kappa shape index (κ2) is 8.66. The first-order valence-corrected chi connectivity index (χ1v) is 7.09. The van der Waals surface area contributed by atoms with Crippen LogP contribution in [0.4, 0.5) is 10.5 Å². The van der Waals surface area contributed by atoms with Crippen LogP contribution in [0.1, 0.15) is 37.0 Å². The molecule has 22 heavy (non-hydrogen) atoms. The molecule has 4 N–H and O–H groups in total. The number of hydrogen-bond donors (Lipinski definition) is 3. The molecule has 7 heteroatoms. The van der Waals surface area contributed by atoms with E-state index in [1.54, 1.807) is 12.1 Å². The zero-order chi connectivity index (χ0) is 16.5. The summed E-state index contributed by atoms with van der Waals surface area (Å²) in [5.74, 6) is -0.985. The van der Waals surface area contributed by atoms with E-state index in [1.807, 2.05) is 13.8 Å². The number of rotatable bonds is 7. The van der Waals surface area contributed by atoms with Crippen molar-refractivity contribution in [3.05, 3.63) is 29.8 Å². The van der Waals surface area contributed by atoms with Crippen LogP contribution in [0.15, 0.2) is 24.3 Å². The SMILES string of the molecule is CCC(CC)NC(=O)COC(=O)c1cccc(NC(N)=O)c1. The van der Waals surface area contributed by atoms with Crippen molar-refractivity contribution in [3.8, 4) is 0 Å². The van der Waals surface area contributed by atoms with Crippen LogP contribution in [0, 0.1) is 0 Å². The normalized spacial score (nSPS) is 10.1. The second-order valence-corrected chi connectivity index (χ2v) is 4.73. The highest BCUT2D eigenvalue weighted by atomic mass is 16.5. The molecule has 0 unspecified atom stereocenters. The zero-order valence-electron chi connectivity index (χ0n) is 12.7. The molecule has 1 aromatic rings. The summed E-state index contributed by atoms with van der Waals surface area (Å²) in [6, 6.07) is 5.46. The molecule has 3 amide bonds. The number of benzene rings is 1. The van der Waals surface area contributed by atoms with Crippen molar-refractivity contribution >= 4 is 23.6 Å². The minimum absolute atomic E-state index is 0.0781. The summed E-state index contributed by atoms with van der Waals surface area (Å²) >= 11 is 0. The molecule has 0 fully saturated rings. The van der Waals surface area contributed by atoms with E-state index >= 15 is 0 Å². The van der Waals surface area contributed by atoms with Gasteiger partial charge < -0.3 is 21.1 Å². The minimum atomic E-state index is -0.727. The molecule has 7 nitrogen and oxygen atoms in total. The lowest BCUT2D eigenvalue weighted by atomic mass is 10.2. The fraction of sp³-hybridized carbons (Fsp3) is 0.400. The fourth-order valence-corrected chi connectivity index (χ4v) is 1.84. The van der Waals surface area contributed by atoms with Gasteiger partial charge in [0.15, 0.2) is 6.61 Å². The van der Waals surface area contributed by atoms with Crippen LogP contribution in [0.3, 0.4) is 0 Å². The van der Waals surface area contributed by atoms with Gasteiger partial charge in [-0.2, -0.15) is 0 Å². The number of amides is 3. The van der Waals surface area contributed by atoms with Crippen molar-refractivity contribution < 1.29 is 19.1 Å². The topological polar surface area (TPSA) is 111 Å². The van der Waals surface area contributed by atoms with Crippen LogP contribution in [0.25, 0.3) is 0 Å². The van der Waals surface area contributed by atoms with E-state index < -0.39 is 12.0 Å². The summed E-state index contributed by atoms with van der Waals surface area (Å²) in [6.07, 6.45) is 1.63. The molecule has 0 saturated heterocycles. The van der Waals surface area contributed by atoms with E-state index in [0.717, 1.165) is 12.8 Å². The number of nitrogens with two attached hydrogens (primary N) is 1. The quantitative estimate of drug-likeness (QED) is 0.665. The maximum absolute atomic E-state index is 11.9. The van der Waals surface area contributed by atoms with Gasteiger partial charge in [0.25, 0.3) is 5.91 Å². The van der Waals surface area contributed by atoms with Crippen molar-refractivity contribution in [2.75, 3.05) is 11.9 Å². The van der Waals surface area contributed by atoms with E-state index in [9.17, 15) is 14.4 Å². The van der Waals surface area contributed by atoms with Gasteiger partial charge in [-0.25, -0.2) is 9.59 Å². The predicted molar refractivity (Wildman–Crippen MR) is 82.4 cm³/mol. The van der Waals surface area contributed by atoms with Crippen LogP contribution >= 0.6 is 0 Å². The number of carbonyl (C=O) groups excluding carboxylic acids is 3. The third-order valence-corrected chi connectivity index (χ3v) is 3.05. The Morgan fingerprint density at radius 1 is 1.23 bits per heavy atom. The van der Waals surface area contributed by atoms with Gasteiger partial charge in [0, 0.05) is 11.7 Å². The van der Waals surface area contributed by atoms with Gasteiger partial charge in [0.2, 0.25) is 0 Å². The number of esters is 1. The lowest BCUT2D eigenvalue weighted by molar-refractivity contribution is -0.125. The minimum Gasteiger partial charge on any atom is -0.452 e. The Labute approximate surface area is 129 Å². The van der Waals surface area contributed by atoms with Gasteiger partial charge in [-0.15, -0.1) is 0 Å². The van der Waals surface area contributed by atoms with Crippen LogP contribution in [0.5, 0.6) is 0 Å². The van der Waals surface area contributed by atoms with Crippen molar-refractivity contribution in [1.29, 1.82) is 0 Å². The van der Waals surface area contributed by atoms with Gasteiger partial charge in [0.05, 0.1) is 5.56 Å². The maximum atomic E-state index is 11.9. The molecule has 0 heterocycles.